The van der Waals surface area contributed by atoms with E-state index in [2.05, 4.69) is 76.2 Å². The monoisotopic (exact) mass is 598 g/mol. The number of ether oxygens (including phenoxy) is 4. The van der Waals surface area contributed by atoms with E-state index in [1.54, 1.807) is 0 Å². The summed E-state index contributed by atoms with van der Waals surface area (Å²) in [5.41, 5.74) is 11.7. The molecule has 0 fully saturated rings. The molecule has 4 nitrogen and oxygen atoms in total. The largest absolute Gasteiger partial charge is 0.449 e. The normalized spacial score (nSPS) is 16.0. The van der Waals surface area contributed by atoms with Crippen LogP contribution in [0.5, 0.6) is 46.0 Å². The summed E-state index contributed by atoms with van der Waals surface area (Å²) in [6, 6.07) is 37.9. The fourth-order valence-corrected chi connectivity index (χ4v) is 7.97. The second-order valence-electron chi connectivity index (χ2n) is 13.7. The molecule has 2 heterocycles. The van der Waals surface area contributed by atoms with Gasteiger partial charge in [0, 0.05) is 22.0 Å². The van der Waals surface area contributed by atoms with E-state index in [0.29, 0.717) is 0 Å². The third kappa shape index (κ3) is 3.28. The number of fused-ring (bicyclic) bond motifs is 12. The fourth-order valence-electron chi connectivity index (χ4n) is 7.97. The fraction of sp³-hybridized carbons (Fsp3) is 0.143. The van der Waals surface area contributed by atoms with Crippen LogP contribution in [-0.2, 0) is 10.8 Å². The Hall–Kier alpha value is -5.48. The zero-order valence-corrected chi connectivity index (χ0v) is 26.0. The van der Waals surface area contributed by atoms with Crippen LogP contribution in [0.1, 0.15) is 49.9 Å². The lowest BCUT2D eigenvalue weighted by atomic mass is 9.80. The Balaban J connectivity index is 1.07. The van der Waals surface area contributed by atoms with E-state index in [0.717, 1.165) is 57.1 Å². The van der Waals surface area contributed by atoms with Crippen molar-refractivity contribution >= 4 is 0 Å². The maximum absolute atomic E-state index is 6.50. The molecule has 6 aromatic rings. The molecule has 6 aromatic carbocycles. The van der Waals surface area contributed by atoms with Gasteiger partial charge in [0.25, 0.3) is 0 Å². The van der Waals surface area contributed by atoms with Crippen LogP contribution in [0.4, 0.5) is 0 Å². The van der Waals surface area contributed by atoms with E-state index in [1.807, 2.05) is 60.7 Å². The summed E-state index contributed by atoms with van der Waals surface area (Å²) in [6.45, 7) is 9.21. The van der Waals surface area contributed by atoms with E-state index in [-0.39, 0.29) is 10.8 Å². The molecule has 222 valence electrons. The van der Waals surface area contributed by atoms with Gasteiger partial charge in [-0.3, -0.25) is 0 Å². The standard InChI is InChI=1S/C42H30O4/c1-41(2)27-17-19-35-39(45-33-11-7-5-9-31(33)43-35)37(27)25-15-13-23(21-29(25)41)24-14-16-26-30(22-24)42(3,4)28-18-20-36-40(38(26)28)46-34-12-8-6-10-32(34)44-36/h5-22H,1-4H3. The van der Waals surface area contributed by atoms with E-state index in [1.165, 1.54) is 44.5 Å². The van der Waals surface area contributed by atoms with Crippen molar-refractivity contribution in [3.05, 3.63) is 131 Å². The number of para-hydroxylation sites is 4. The number of benzene rings is 6. The molecule has 4 aliphatic rings. The summed E-state index contributed by atoms with van der Waals surface area (Å²) in [5.74, 6) is 6.08. The van der Waals surface area contributed by atoms with Gasteiger partial charge in [0.1, 0.15) is 0 Å². The van der Waals surface area contributed by atoms with Gasteiger partial charge in [-0.25, -0.2) is 0 Å². The molecular formula is C42H30O4. The molecular weight excluding hydrogens is 568 g/mol. The molecule has 0 N–H and O–H groups in total. The van der Waals surface area contributed by atoms with Crippen molar-refractivity contribution in [2.45, 2.75) is 38.5 Å². The van der Waals surface area contributed by atoms with Crippen molar-refractivity contribution in [1.29, 1.82) is 0 Å². The minimum absolute atomic E-state index is 0.199. The van der Waals surface area contributed by atoms with Crippen molar-refractivity contribution in [2.75, 3.05) is 0 Å². The van der Waals surface area contributed by atoms with Gasteiger partial charge >= 0.3 is 0 Å². The van der Waals surface area contributed by atoms with Gasteiger partial charge in [-0.2, -0.15) is 0 Å². The predicted octanol–water partition coefficient (Wildman–Crippen LogP) is 11.8. The smallest absolute Gasteiger partial charge is 0.178 e. The second-order valence-corrected chi connectivity index (χ2v) is 13.7. The zero-order valence-electron chi connectivity index (χ0n) is 26.0. The third-order valence-corrected chi connectivity index (χ3v) is 10.4. The lowest BCUT2D eigenvalue weighted by Gasteiger charge is -2.25. The lowest BCUT2D eigenvalue weighted by Crippen LogP contribution is -2.15. The summed E-state index contributed by atoms with van der Waals surface area (Å²) < 4.78 is 25.6. The summed E-state index contributed by atoms with van der Waals surface area (Å²) in [5, 5.41) is 0. The topological polar surface area (TPSA) is 36.9 Å². The quantitative estimate of drug-likeness (QED) is 0.188. The molecule has 0 bridgehead atoms. The highest BCUT2D eigenvalue weighted by molar-refractivity contribution is 5.92. The van der Waals surface area contributed by atoms with Gasteiger partial charge in [-0.05, 0) is 93.0 Å². The highest BCUT2D eigenvalue weighted by atomic mass is 16.6. The molecule has 2 aliphatic carbocycles. The van der Waals surface area contributed by atoms with Crippen molar-refractivity contribution in [2.24, 2.45) is 0 Å². The molecule has 0 radical (unpaired) electrons. The van der Waals surface area contributed by atoms with Crippen molar-refractivity contribution in [3.8, 4) is 79.4 Å². The Morgan fingerprint density at radius 1 is 0.370 bits per heavy atom. The zero-order chi connectivity index (χ0) is 30.9. The summed E-state index contributed by atoms with van der Waals surface area (Å²) >= 11 is 0. The van der Waals surface area contributed by atoms with Gasteiger partial charge in [0.05, 0.1) is 0 Å². The molecule has 0 unspecified atom stereocenters. The first-order valence-electron chi connectivity index (χ1n) is 15.8. The first-order valence-corrected chi connectivity index (χ1v) is 15.8. The highest BCUT2D eigenvalue weighted by Crippen LogP contribution is 2.60. The Labute approximate surface area is 267 Å². The van der Waals surface area contributed by atoms with Crippen LogP contribution in [0.15, 0.2) is 109 Å². The summed E-state index contributed by atoms with van der Waals surface area (Å²) in [4.78, 5) is 0. The second kappa shape index (κ2) is 8.61. The minimum Gasteiger partial charge on any atom is -0.449 e. The maximum Gasteiger partial charge on any atom is 0.178 e. The Kier molecular flexibility index (Phi) is 4.83. The van der Waals surface area contributed by atoms with E-state index >= 15 is 0 Å². The molecule has 46 heavy (non-hydrogen) atoms. The van der Waals surface area contributed by atoms with Crippen LogP contribution in [0.25, 0.3) is 33.4 Å². The number of hydrogen-bond acceptors (Lipinski definition) is 4. The molecule has 0 aromatic heterocycles. The Morgan fingerprint density at radius 3 is 1.17 bits per heavy atom. The Bertz CT molecular complexity index is 2160. The van der Waals surface area contributed by atoms with Gasteiger partial charge in [0.15, 0.2) is 46.0 Å². The SMILES string of the molecule is CC1(C)c2cc(-c3ccc4c(c3)C(C)(C)c3ccc5c(c3-4)Oc3ccccc3O5)ccc2-c2c1ccc1c2Oc2ccccc2O1. The van der Waals surface area contributed by atoms with Gasteiger partial charge < -0.3 is 18.9 Å². The summed E-state index contributed by atoms with van der Waals surface area (Å²) in [7, 11) is 0. The van der Waals surface area contributed by atoms with Crippen LogP contribution in [0.2, 0.25) is 0 Å². The first kappa shape index (κ1) is 25.8. The molecule has 0 amide bonds. The summed E-state index contributed by atoms with van der Waals surface area (Å²) in [6.07, 6.45) is 0. The maximum atomic E-state index is 6.50. The first-order chi connectivity index (χ1) is 22.3. The van der Waals surface area contributed by atoms with Crippen LogP contribution in [0.3, 0.4) is 0 Å². The number of hydrogen-bond donors (Lipinski definition) is 0. The van der Waals surface area contributed by atoms with E-state index < -0.39 is 0 Å². The average Bonchev–Trinajstić information content (AvgIpc) is 3.45. The molecule has 10 rings (SSSR count). The van der Waals surface area contributed by atoms with Crippen molar-refractivity contribution in [1.82, 2.24) is 0 Å². The molecule has 0 saturated carbocycles. The molecule has 0 atom stereocenters. The molecule has 4 heteroatoms. The third-order valence-electron chi connectivity index (χ3n) is 10.4. The van der Waals surface area contributed by atoms with Gasteiger partial charge in [-0.15, -0.1) is 0 Å². The average molecular weight is 599 g/mol. The Morgan fingerprint density at radius 2 is 0.761 bits per heavy atom. The molecule has 0 saturated heterocycles. The minimum atomic E-state index is -0.199. The highest BCUT2D eigenvalue weighted by Gasteiger charge is 2.42. The van der Waals surface area contributed by atoms with E-state index in [4.69, 9.17) is 18.9 Å². The predicted molar refractivity (Wildman–Crippen MR) is 180 cm³/mol. The molecule has 0 spiro atoms. The van der Waals surface area contributed by atoms with Crippen LogP contribution in [0, 0.1) is 0 Å². The lowest BCUT2D eigenvalue weighted by molar-refractivity contribution is 0.360. The van der Waals surface area contributed by atoms with Crippen LogP contribution < -0.4 is 18.9 Å². The van der Waals surface area contributed by atoms with Crippen LogP contribution >= 0.6 is 0 Å². The van der Waals surface area contributed by atoms with E-state index in [9.17, 15) is 0 Å². The van der Waals surface area contributed by atoms with Crippen molar-refractivity contribution in [3.63, 3.8) is 0 Å². The van der Waals surface area contributed by atoms with Gasteiger partial charge in [0.2, 0.25) is 0 Å². The number of rotatable bonds is 1. The van der Waals surface area contributed by atoms with Crippen LogP contribution in [-0.4, -0.2) is 0 Å². The van der Waals surface area contributed by atoms with Crippen molar-refractivity contribution < 1.29 is 18.9 Å². The van der Waals surface area contributed by atoms with Gasteiger partial charge in [-0.1, -0.05) is 88.4 Å². The molecule has 2 aliphatic heterocycles.